The van der Waals surface area contributed by atoms with Gasteiger partial charge in [-0.05, 0) is 44.7 Å². The van der Waals surface area contributed by atoms with Gasteiger partial charge in [-0.15, -0.1) is 0 Å². The lowest BCUT2D eigenvalue weighted by molar-refractivity contribution is 0.135. The third-order valence-corrected chi connectivity index (χ3v) is 4.36. The Hall–Kier alpha value is -0.120. The molecule has 80 valence electrons. The van der Waals surface area contributed by atoms with Gasteiger partial charge in [-0.1, -0.05) is 0 Å². The number of piperidine rings is 1. The van der Waals surface area contributed by atoms with Gasteiger partial charge in [0.1, 0.15) is 0 Å². The molecule has 1 saturated carbocycles. The fraction of sp³-hybridized carbons (Fsp3) is 1.00. The normalized spacial score (nSPS) is 46.9. The van der Waals surface area contributed by atoms with Crippen LogP contribution < -0.4 is 11.1 Å². The van der Waals surface area contributed by atoms with Gasteiger partial charge in [0, 0.05) is 24.7 Å². The summed E-state index contributed by atoms with van der Waals surface area (Å²) in [5.74, 6) is 0.821. The second kappa shape index (κ2) is 3.19. The van der Waals surface area contributed by atoms with E-state index in [4.69, 9.17) is 5.73 Å². The largest absolute Gasteiger partial charge is 0.329 e. The van der Waals surface area contributed by atoms with Crippen LogP contribution in [0.15, 0.2) is 0 Å². The van der Waals surface area contributed by atoms with Crippen LogP contribution in [0.4, 0.5) is 0 Å². The Morgan fingerprint density at radius 1 is 1.29 bits per heavy atom. The highest BCUT2D eigenvalue weighted by molar-refractivity contribution is 5.06. The summed E-state index contributed by atoms with van der Waals surface area (Å²) >= 11 is 0. The summed E-state index contributed by atoms with van der Waals surface area (Å²) in [6.07, 6.45) is 5.37. The van der Waals surface area contributed by atoms with Crippen molar-refractivity contribution in [2.75, 3.05) is 26.2 Å². The van der Waals surface area contributed by atoms with Crippen molar-refractivity contribution in [1.82, 2.24) is 10.2 Å². The molecule has 2 bridgehead atoms. The highest BCUT2D eigenvalue weighted by atomic mass is 15.2. The molecule has 3 rings (SSSR count). The van der Waals surface area contributed by atoms with Crippen molar-refractivity contribution in [3.05, 3.63) is 0 Å². The lowest BCUT2D eigenvalue weighted by Crippen LogP contribution is -2.61. The van der Waals surface area contributed by atoms with Crippen LogP contribution in [0.2, 0.25) is 0 Å². The van der Waals surface area contributed by atoms with E-state index in [1.54, 1.807) is 0 Å². The van der Waals surface area contributed by atoms with Crippen molar-refractivity contribution >= 4 is 0 Å². The van der Waals surface area contributed by atoms with Gasteiger partial charge in [-0.25, -0.2) is 0 Å². The minimum absolute atomic E-state index is 0.300. The molecule has 0 amide bonds. The lowest BCUT2D eigenvalue weighted by atomic mass is 9.78. The highest BCUT2D eigenvalue weighted by Crippen LogP contribution is 2.37. The van der Waals surface area contributed by atoms with Gasteiger partial charge >= 0.3 is 0 Å². The van der Waals surface area contributed by atoms with Gasteiger partial charge in [0.2, 0.25) is 0 Å². The number of hydrogen-bond acceptors (Lipinski definition) is 3. The Morgan fingerprint density at radius 3 is 2.86 bits per heavy atom. The van der Waals surface area contributed by atoms with Crippen molar-refractivity contribution in [1.29, 1.82) is 0 Å². The first kappa shape index (κ1) is 9.13. The average Bonchev–Trinajstić information content (AvgIpc) is 2.93. The molecule has 3 N–H and O–H groups in total. The number of nitrogens with zero attached hydrogens (tertiary/aromatic N) is 1. The van der Waals surface area contributed by atoms with E-state index in [9.17, 15) is 0 Å². The van der Waals surface area contributed by atoms with Crippen molar-refractivity contribution in [2.45, 2.75) is 37.3 Å². The zero-order valence-electron chi connectivity index (χ0n) is 8.84. The molecule has 3 unspecified atom stereocenters. The monoisotopic (exact) mass is 195 g/mol. The molecule has 3 atom stereocenters. The third-order valence-electron chi connectivity index (χ3n) is 4.36. The summed E-state index contributed by atoms with van der Waals surface area (Å²) in [5, 5.41) is 3.83. The molecule has 3 heteroatoms. The Balaban J connectivity index is 1.76. The van der Waals surface area contributed by atoms with Crippen LogP contribution in [0.1, 0.15) is 25.7 Å². The number of nitrogens with one attached hydrogen (secondary N) is 1. The van der Waals surface area contributed by atoms with E-state index >= 15 is 0 Å². The second-order valence-corrected chi connectivity index (χ2v) is 5.32. The molecule has 2 heterocycles. The van der Waals surface area contributed by atoms with Gasteiger partial charge in [-0.3, -0.25) is 0 Å². The Labute approximate surface area is 86.0 Å². The first-order valence-corrected chi connectivity index (χ1v) is 6.02. The average molecular weight is 195 g/mol. The maximum absolute atomic E-state index is 6.02. The molecular formula is C11H21N3. The van der Waals surface area contributed by atoms with Crippen LogP contribution in [0.3, 0.4) is 0 Å². The Morgan fingerprint density at radius 2 is 2.14 bits per heavy atom. The van der Waals surface area contributed by atoms with Crippen LogP contribution >= 0.6 is 0 Å². The summed E-state index contributed by atoms with van der Waals surface area (Å²) in [7, 11) is 0. The zero-order valence-corrected chi connectivity index (χ0v) is 8.84. The standard InChI is InChI=1S/C11H21N3/c12-8-11(13-10-1-2-10)4-6-14-5-3-9(11)7-14/h9-10,13H,1-8,12H2. The minimum atomic E-state index is 0.300. The van der Waals surface area contributed by atoms with Crippen LogP contribution in [-0.2, 0) is 0 Å². The Bertz CT molecular complexity index is 227. The molecule has 1 aliphatic carbocycles. The molecule has 3 fully saturated rings. The molecule has 3 aliphatic rings. The molecule has 0 aromatic carbocycles. The van der Waals surface area contributed by atoms with E-state index in [0.717, 1.165) is 18.5 Å². The molecule has 0 radical (unpaired) electrons. The fourth-order valence-electron chi connectivity index (χ4n) is 3.20. The minimum Gasteiger partial charge on any atom is -0.329 e. The van der Waals surface area contributed by atoms with E-state index in [0.29, 0.717) is 5.54 Å². The zero-order chi connectivity index (χ0) is 9.60. The van der Waals surface area contributed by atoms with Crippen molar-refractivity contribution in [3.8, 4) is 0 Å². The van der Waals surface area contributed by atoms with Gasteiger partial charge in [0.15, 0.2) is 0 Å². The number of hydrogen-bond donors (Lipinski definition) is 2. The Kier molecular flexibility index (Phi) is 2.08. The van der Waals surface area contributed by atoms with Crippen LogP contribution in [0.5, 0.6) is 0 Å². The predicted molar refractivity (Wildman–Crippen MR) is 57.1 cm³/mol. The maximum atomic E-state index is 6.02. The van der Waals surface area contributed by atoms with Crippen molar-refractivity contribution < 1.29 is 0 Å². The maximum Gasteiger partial charge on any atom is 0.0359 e. The van der Waals surface area contributed by atoms with E-state index in [-0.39, 0.29) is 0 Å². The van der Waals surface area contributed by atoms with E-state index in [2.05, 4.69) is 10.2 Å². The topological polar surface area (TPSA) is 41.3 Å². The number of rotatable bonds is 3. The van der Waals surface area contributed by atoms with E-state index in [1.165, 1.54) is 45.3 Å². The van der Waals surface area contributed by atoms with Gasteiger partial charge in [-0.2, -0.15) is 0 Å². The first-order chi connectivity index (χ1) is 6.82. The smallest absolute Gasteiger partial charge is 0.0359 e. The fourth-order valence-corrected chi connectivity index (χ4v) is 3.20. The first-order valence-electron chi connectivity index (χ1n) is 6.02. The van der Waals surface area contributed by atoms with E-state index < -0.39 is 0 Å². The van der Waals surface area contributed by atoms with Crippen LogP contribution in [0, 0.1) is 5.92 Å². The molecule has 0 aromatic rings. The highest BCUT2D eigenvalue weighted by Gasteiger charge is 2.47. The summed E-state index contributed by atoms with van der Waals surface area (Å²) < 4.78 is 0. The summed E-state index contributed by atoms with van der Waals surface area (Å²) in [4.78, 5) is 2.59. The third kappa shape index (κ3) is 1.38. The SMILES string of the molecule is NCC1(NC2CC2)CCN2CCC1C2. The van der Waals surface area contributed by atoms with Crippen LogP contribution in [0.25, 0.3) is 0 Å². The summed E-state index contributed by atoms with van der Waals surface area (Å²) in [6.45, 7) is 4.69. The number of nitrogens with two attached hydrogens (primary N) is 1. The summed E-state index contributed by atoms with van der Waals surface area (Å²) in [6, 6.07) is 0.797. The van der Waals surface area contributed by atoms with Crippen LogP contribution in [-0.4, -0.2) is 42.7 Å². The van der Waals surface area contributed by atoms with Gasteiger partial charge in [0.25, 0.3) is 0 Å². The van der Waals surface area contributed by atoms with Gasteiger partial charge in [0.05, 0.1) is 0 Å². The second-order valence-electron chi connectivity index (χ2n) is 5.32. The van der Waals surface area contributed by atoms with Crippen molar-refractivity contribution in [3.63, 3.8) is 0 Å². The predicted octanol–water partition coefficient (Wildman–Crippen LogP) is 0.162. The lowest BCUT2D eigenvalue weighted by Gasteiger charge is -2.43. The molecule has 0 aromatic heterocycles. The molecule has 0 spiro atoms. The number of fused-ring (bicyclic) bond motifs is 2. The molecule has 2 aliphatic heterocycles. The molecular weight excluding hydrogens is 174 g/mol. The quantitative estimate of drug-likeness (QED) is 0.674. The van der Waals surface area contributed by atoms with E-state index in [1.807, 2.05) is 0 Å². The van der Waals surface area contributed by atoms with Crippen molar-refractivity contribution in [2.24, 2.45) is 11.7 Å². The molecule has 14 heavy (non-hydrogen) atoms. The molecule has 3 nitrogen and oxygen atoms in total. The molecule has 2 saturated heterocycles. The summed E-state index contributed by atoms with van der Waals surface area (Å²) in [5.41, 5.74) is 6.32. The van der Waals surface area contributed by atoms with Gasteiger partial charge < -0.3 is 16.0 Å².